The van der Waals surface area contributed by atoms with Crippen LogP contribution < -0.4 is 11.1 Å². The maximum absolute atomic E-state index is 11.6. The molecule has 1 fully saturated rings. The average Bonchev–Trinajstić information content (AvgIpc) is 2.23. The first-order chi connectivity index (χ1) is 7.52. The molecule has 0 saturated carbocycles. The molecule has 16 heavy (non-hydrogen) atoms. The minimum absolute atomic E-state index is 0.00842. The summed E-state index contributed by atoms with van der Waals surface area (Å²) >= 11 is 0. The largest absolute Gasteiger partial charge is 0.352 e. The first-order valence-corrected chi connectivity index (χ1v) is 5.85. The fraction of sp³-hybridized carbons (Fsp3) is 0.818. The molecule has 0 aliphatic carbocycles. The number of nitrogens with zero attached hydrogens (tertiary/aromatic N) is 1. The van der Waals surface area contributed by atoms with E-state index < -0.39 is 0 Å². The zero-order chi connectivity index (χ0) is 12.1. The van der Waals surface area contributed by atoms with Crippen molar-refractivity contribution in [1.82, 2.24) is 10.2 Å². The van der Waals surface area contributed by atoms with Crippen molar-refractivity contribution in [3.05, 3.63) is 0 Å². The molecule has 1 saturated heterocycles. The Labute approximate surface area is 96.4 Å². The Morgan fingerprint density at radius 2 is 2.38 bits per heavy atom. The maximum atomic E-state index is 11.6. The number of carbonyl (C=O) groups excluding carboxylic acids is 2. The van der Waals surface area contributed by atoms with Crippen LogP contribution in [0.1, 0.15) is 33.1 Å². The molecule has 5 nitrogen and oxygen atoms in total. The van der Waals surface area contributed by atoms with Gasteiger partial charge in [0.2, 0.25) is 11.8 Å². The van der Waals surface area contributed by atoms with Crippen LogP contribution >= 0.6 is 0 Å². The lowest BCUT2D eigenvalue weighted by Crippen LogP contribution is -2.50. The third-order valence-corrected chi connectivity index (χ3v) is 2.89. The van der Waals surface area contributed by atoms with Gasteiger partial charge >= 0.3 is 0 Å². The van der Waals surface area contributed by atoms with Gasteiger partial charge in [-0.25, -0.2) is 0 Å². The summed E-state index contributed by atoms with van der Waals surface area (Å²) in [5.41, 5.74) is 5.76. The highest BCUT2D eigenvalue weighted by molar-refractivity contribution is 5.85. The van der Waals surface area contributed by atoms with E-state index in [1.165, 1.54) is 0 Å². The second-order valence-corrected chi connectivity index (χ2v) is 4.45. The van der Waals surface area contributed by atoms with E-state index in [0.29, 0.717) is 13.0 Å². The van der Waals surface area contributed by atoms with Crippen molar-refractivity contribution < 1.29 is 9.59 Å². The lowest BCUT2D eigenvalue weighted by molar-refractivity contribution is -0.138. The van der Waals surface area contributed by atoms with Gasteiger partial charge in [0.25, 0.3) is 0 Å². The average molecular weight is 227 g/mol. The van der Waals surface area contributed by atoms with E-state index in [9.17, 15) is 9.59 Å². The molecule has 2 atom stereocenters. The summed E-state index contributed by atoms with van der Waals surface area (Å²) in [6.45, 7) is 4.58. The highest BCUT2D eigenvalue weighted by Crippen LogP contribution is 2.09. The van der Waals surface area contributed by atoms with Crippen molar-refractivity contribution in [2.24, 2.45) is 5.73 Å². The van der Waals surface area contributed by atoms with Crippen molar-refractivity contribution in [3.8, 4) is 0 Å². The molecule has 92 valence electrons. The summed E-state index contributed by atoms with van der Waals surface area (Å²) < 4.78 is 0. The van der Waals surface area contributed by atoms with Gasteiger partial charge in [0.05, 0.1) is 6.54 Å². The van der Waals surface area contributed by atoms with Crippen molar-refractivity contribution >= 4 is 11.8 Å². The molecule has 0 spiro atoms. The predicted octanol–water partition coefficient (Wildman–Crippen LogP) is -0.149. The molecular formula is C11H21N3O2. The lowest BCUT2D eigenvalue weighted by atomic mass is 10.1. The van der Waals surface area contributed by atoms with E-state index in [0.717, 1.165) is 12.8 Å². The Hall–Kier alpha value is -1.10. The Balaban J connectivity index is 2.40. The second kappa shape index (κ2) is 5.84. The van der Waals surface area contributed by atoms with Gasteiger partial charge in [-0.1, -0.05) is 6.92 Å². The molecule has 1 rings (SSSR count). The van der Waals surface area contributed by atoms with Crippen LogP contribution in [-0.2, 0) is 9.59 Å². The molecule has 0 radical (unpaired) electrons. The number of nitrogens with two attached hydrogens (primary N) is 1. The van der Waals surface area contributed by atoms with Crippen LogP contribution in [0.25, 0.3) is 0 Å². The van der Waals surface area contributed by atoms with Crippen LogP contribution in [0.4, 0.5) is 0 Å². The molecule has 0 aromatic rings. The second-order valence-electron chi connectivity index (χ2n) is 4.45. The van der Waals surface area contributed by atoms with E-state index in [-0.39, 0.29) is 30.4 Å². The molecule has 1 heterocycles. The first-order valence-electron chi connectivity index (χ1n) is 5.85. The van der Waals surface area contributed by atoms with Gasteiger partial charge in [0.1, 0.15) is 0 Å². The number of carbonyl (C=O) groups is 2. The topological polar surface area (TPSA) is 75.4 Å². The number of likely N-dealkylation sites (tertiary alicyclic amines) is 1. The zero-order valence-electron chi connectivity index (χ0n) is 10.0. The lowest BCUT2D eigenvalue weighted by Gasteiger charge is -2.30. The Bertz CT molecular complexity index is 268. The van der Waals surface area contributed by atoms with Crippen molar-refractivity contribution in [3.63, 3.8) is 0 Å². The highest BCUT2D eigenvalue weighted by atomic mass is 16.2. The SMILES string of the molecule is CCC(C)NC(=O)CN1CC(N)CCC1=O. The Kier molecular flexibility index (Phi) is 4.73. The maximum Gasteiger partial charge on any atom is 0.239 e. The van der Waals surface area contributed by atoms with E-state index >= 15 is 0 Å². The number of hydrogen-bond acceptors (Lipinski definition) is 3. The van der Waals surface area contributed by atoms with Crippen molar-refractivity contribution in [2.45, 2.75) is 45.2 Å². The monoisotopic (exact) mass is 227 g/mol. The third-order valence-electron chi connectivity index (χ3n) is 2.89. The van der Waals surface area contributed by atoms with Gasteiger partial charge in [0, 0.05) is 25.0 Å². The summed E-state index contributed by atoms with van der Waals surface area (Å²) in [6, 6.07) is 0.162. The van der Waals surface area contributed by atoms with Crippen molar-refractivity contribution in [2.75, 3.05) is 13.1 Å². The highest BCUT2D eigenvalue weighted by Gasteiger charge is 2.24. The van der Waals surface area contributed by atoms with Gasteiger partial charge in [-0.2, -0.15) is 0 Å². The molecule has 1 aliphatic heterocycles. The van der Waals surface area contributed by atoms with Crippen LogP contribution in [0, 0.1) is 0 Å². The smallest absolute Gasteiger partial charge is 0.239 e. The Morgan fingerprint density at radius 1 is 1.69 bits per heavy atom. The molecule has 1 aliphatic rings. The van der Waals surface area contributed by atoms with Crippen LogP contribution in [0.15, 0.2) is 0 Å². The van der Waals surface area contributed by atoms with Gasteiger partial charge in [-0.15, -0.1) is 0 Å². The quantitative estimate of drug-likeness (QED) is 0.701. The minimum atomic E-state index is -0.100. The fourth-order valence-corrected chi connectivity index (χ4v) is 1.69. The van der Waals surface area contributed by atoms with Crippen LogP contribution in [0.2, 0.25) is 0 Å². The van der Waals surface area contributed by atoms with Gasteiger partial charge in [-0.05, 0) is 19.8 Å². The summed E-state index contributed by atoms with van der Waals surface area (Å²) in [5.74, 6) is -0.0715. The zero-order valence-corrected chi connectivity index (χ0v) is 10.0. The molecule has 0 aromatic carbocycles. The number of rotatable bonds is 4. The van der Waals surface area contributed by atoms with Gasteiger partial charge in [0.15, 0.2) is 0 Å². The van der Waals surface area contributed by atoms with E-state index in [2.05, 4.69) is 5.32 Å². The third kappa shape index (κ3) is 3.81. The van der Waals surface area contributed by atoms with Crippen LogP contribution in [-0.4, -0.2) is 41.9 Å². The molecule has 3 N–H and O–H groups in total. The fourth-order valence-electron chi connectivity index (χ4n) is 1.69. The summed E-state index contributed by atoms with van der Waals surface area (Å²) in [7, 11) is 0. The van der Waals surface area contributed by atoms with E-state index in [1.807, 2.05) is 13.8 Å². The summed E-state index contributed by atoms with van der Waals surface area (Å²) in [4.78, 5) is 24.7. The Morgan fingerprint density at radius 3 is 3.00 bits per heavy atom. The first kappa shape index (κ1) is 13.0. The number of nitrogens with one attached hydrogen (secondary N) is 1. The van der Waals surface area contributed by atoms with E-state index in [1.54, 1.807) is 4.90 Å². The standard InChI is InChI=1S/C11H21N3O2/c1-3-8(2)13-10(15)7-14-6-9(12)4-5-11(14)16/h8-9H,3-7,12H2,1-2H3,(H,13,15). The van der Waals surface area contributed by atoms with Gasteiger partial charge in [-0.3, -0.25) is 9.59 Å². The number of hydrogen-bond donors (Lipinski definition) is 2. The number of amides is 2. The summed E-state index contributed by atoms with van der Waals surface area (Å²) in [6.07, 6.45) is 2.07. The minimum Gasteiger partial charge on any atom is -0.352 e. The predicted molar refractivity (Wildman–Crippen MR) is 61.7 cm³/mol. The van der Waals surface area contributed by atoms with Gasteiger partial charge < -0.3 is 16.0 Å². The normalized spacial score (nSPS) is 23.1. The molecule has 0 aromatic heterocycles. The molecular weight excluding hydrogens is 206 g/mol. The molecule has 5 heteroatoms. The molecule has 2 unspecified atom stereocenters. The van der Waals surface area contributed by atoms with Crippen molar-refractivity contribution in [1.29, 1.82) is 0 Å². The molecule has 0 bridgehead atoms. The van der Waals surface area contributed by atoms with Crippen LogP contribution in [0.3, 0.4) is 0 Å². The number of piperidine rings is 1. The van der Waals surface area contributed by atoms with E-state index in [4.69, 9.17) is 5.73 Å². The summed E-state index contributed by atoms with van der Waals surface area (Å²) in [5, 5.41) is 2.84. The van der Waals surface area contributed by atoms with Crippen LogP contribution in [0.5, 0.6) is 0 Å². The molecule has 2 amide bonds.